The van der Waals surface area contributed by atoms with Gasteiger partial charge in [-0.2, -0.15) is 0 Å². The van der Waals surface area contributed by atoms with Gasteiger partial charge in [0, 0.05) is 0 Å². The summed E-state index contributed by atoms with van der Waals surface area (Å²) in [6, 6.07) is -1.11. The molecule has 3 rings (SSSR count). The number of epoxide rings is 1. The minimum atomic E-state index is -1.11. The standard InChI is InChI=1S/C9H15OPS/c1-11(12)7-6-8-4-2-3-5-9(8,11)10-8/h2-7H2,1H3/t8-,9+,11+/m0/s1. The Hall–Kier alpha value is 0.610. The van der Waals surface area contributed by atoms with Crippen molar-refractivity contribution in [2.75, 3.05) is 12.8 Å². The molecule has 0 aromatic rings. The van der Waals surface area contributed by atoms with Gasteiger partial charge in [0.05, 0.1) is 0 Å². The fourth-order valence-corrected chi connectivity index (χ4v) is 7.70. The summed E-state index contributed by atoms with van der Waals surface area (Å²) in [5, 5.41) is 0.258. The highest BCUT2D eigenvalue weighted by Crippen LogP contribution is 2.82. The summed E-state index contributed by atoms with van der Waals surface area (Å²) in [7, 11) is 0. The molecule has 3 aliphatic rings. The van der Waals surface area contributed by atoms with Gasteiger partial charge in [0.15, 0.2) is 0 Å². The average Bonchev–Trinajstić information content (AvgIpc) is 2.66. The van der Waals surface area contributed by atoms with Gasteiger partial charge in [-0.15, -0.1) is 0 Å². The van der Waals surface area contributed by atoms with Crippen LogP contribution in [0.15, 0.2) is 0 Å². The van der Waals surface area contributed by atoms with Crippen LogP contribution in [0.1, 0.15) is 32.1 Å². The van der Waals surface area contributed by atoms with Crippen molar-refractivity contribution in [3.8, 4) is 0 Å². The van der Waals surface area contributed by atoms with E-state index in [0.717, 1.165) is 0 Å². The molecule has 0 amide bonds. The molecule has 1 aliphatic carbocycles. The predicted molar refractivity (Wildman–Crippen MR) is 54.7 cm³/mol. The van der Waals surface area contributed by atoms with E-state index < -0.39 is 6.04 Å². The van der Waals surface area contributed by atoms with E-state index in [1.807, 2.05) is 0 Å². The van der Waals surface area contributed by atoms with Gasteiger partial charge in [-0.1, -0.05) is 18.2 Å². The lowest BCUT2D eigenvalue weighted by molar-refractivity contribution is 0.271. The first-order chi connectivity index (χ1) is 5.62. The average molecular weight is 202 g/mol. The Bertz CT molecular complexity index is 286. The smallest absolute Gasteiger partial charge is 0.125 e. The van der Waals surface area contributed by atoms with Crippen LogP contribution in [0.25, 0.3) is 0 Å². The zero-order valence-electron chi connectivity index (χ0n) is 7.51. The van der Waals surface area contributed by atoms with Crippen LogP contribution in [0.3, 0.4) is 0 Å². The van der Waals surface area contributed by atoms with Gasteiger partial charge in [-0.25, -0.2) is 0 Å². The van der Waals surface area contributed by atoms with E-state index in [9.17, 15) is 0 Å². The first kappa shape index (κ1) is 7.96. The molecule has 3 atom stereocenters. The Labute approximate surface area is 78.9 Å². The van der Waals surface area contributed by atoms with Gasteiger partial charge in [-0.05, 0) is 44.5 Å². The maximum Gasteiger partial charge on any atom is 0.125 e. The number of rotatable bonds is 0. The summed E-state index contributed by atoms with van der Waals surface area (Å²) in [6.45, 7) is 2.32. The lowest BCUT2D eigenvalue weighted by Crippen LogP contribution is -2.23. The van der Waals surface area contributed by atoms with Gasteiger partial charge in [0.1, 0.15) is 10.9 Å². The van der Waals surface area contributed by atoms with Crippen molar-refractivity contribution < 1.29 is 4.74 Å². The van der Waals surface area contributed by atoms with E-state index in [2.05, 4.69) is 6.66 Å². The topological polar surface area (TPSA) is 12.5 Å². The van der Waals surface area contributed by atoms with Crippen LogP contribution in [0.2, 0.25) is 0 Å². The molecule has 1 nitrogen and oxygen atoms in total. The SMILES string of the molecule is C[P@@]1(=S)CC[C@@]23CCCC[C@]21O3. The fraction of sp³-hybridized carbons (Fsp3) is 1.00. The summed E-state index contributed by atoms with van der Waals surface area (Å²) >= 11 is 5.74. The molecule has 2 aliphatic heterocycles. The Kier molecular flexibility index (Phi) is 1.32. The lowest BCUT2D eigenvalue weighted by atomic mass is 9.87. The van der Waals surface area contributed by atoms with Crippen molar-refractivity contribution in [2.24, 2.45) is 0 Å². The number of hydrogen-bond donors (Lipinski definition) is 0. The van der Waals surface area contributed by atoms with Crippen LogP contribution >= 0.6 is 6.04 Å². The van der Waals surface area contributed by atoms with Gasteiger partial charge in [0.2, 0.25) is 0 Å². The zero-order chi connectivity index (χ0) is 8.45. The normalized spacial score (nSPS) is 62.4. The molecule has 1 saturated carbocycles. The zero-order valence-corrected chi connectivity index (χ0v) is 9.22. The van der Waals surface area contributed by atoms with Crippen molar-refractivity contribution >= 4 is 17.8 Å². The Morgan fingerprint density at radius 1 is 1.25 bits per heavy atom. The van der Waals surface area contributed by atoms with E-state index in [1.165, 1.54) is 38.3 Å². The van der Waals surface area contributed by atoms with Crippen LogP contribution < -0.4 is 0 Å². The first-order valence-corrected chi connectivity index (χ1v) is 8.32. The van der Waals surface area contributed by atoms with Gasteiger partial charge in [-0.3, -0.25) is 0 Å². The van der Waals surface area contributed by atoms with E-state index in [1.54, 1.807) is 0 Å². The van der Waals surface area contributed by atoms with Gasteiger partial charge in [0.25, 0.3) is 0 Å². The van der Waals surface area contributed by atoms with Crippen LogP contribution in [0.4, 0.5) is 0 Å². The molecule has 0 aromatic heterocycles. The summed E-state index contributed by atoms with van der Waals surface area (Å²) in [4.78, 5) is 0. The van der Waals surface area contributed by atoms with E-state index >= 15 is 0 Å². The summed E-state index contributed by atoms with van der Waals surface area (Å²) in [5.41, 5.74) is 0.315. The third kappa shape index (κ3) is 0.657. The van der Waals surface area contributed by atoms with Crippen LogP contribution in [0.5, 0.6) is 0 Å². The monoisotopic (exact) mass is 202 g/mol. The van der Waals surface area contributed by atoms with Crippen molar-refractivity contribution in [3.63, 3.8) is 0 Å². The largest absolute Gasteiger partial charge is 0.357 e. The second-order valence-electron chi connectivity index (χ2n) is 4.66. The molecule has 0 spiro atoms. The second kappa shape index (κ2) is 1.99. The van der Waals surface area contributed by atoms with E-state index in [4.69, 9.17) is 16.5 Å². The van der Waals surface area contributed by atoms with Crippen LogP contribution in [-0.4, -0.2) is 23.8 Å². The molecule has 3 fully saturated rings. The summed E-state index contributed by atoms with van der Waals surface area (Å²) in [5.74, 6) is 0. The minimum Gasteiger partial charge on any atom is -0.357 e. The van der Waals surface area contributed by atoms with Gasteiger partial charge >= 0.3 is 0 Å². The molecule has 0 aromatic carbocycles. The highest BCUT2D eigenvalue weighted by molar-refractivity contribution is 8.15. The molecular formula is C9H15OPS. The number of hydrogen-bond acceptors (Lipinski definition) is 2. The van der Waals surface area contributed by atoms with Crippen molar-refractivity contribution in [2.45, 2.75) is 43.0 Å². The van der Waals surface area contributed by atoms with Crippen LogP contribution in [-0.2, 0) is 16.5 Å². The highest BCUT2D eigenvalue weighted by Gasteiger charge is 2.77. The van der Waals surface area contributed by atoms with Crippen molar-refractivity contribution in [1.82, 2.24) is 0 Å². The molecule has 68 valence electrons. The quantitative estimate of drug-likeness (QED) is 0.442. The first-order valence-electron chi connectivity index (χ1n) is 4.89. The Balaban J connectivity index is 2.06. The van der Waals surface area contributed by atoms with E-state index in [-0.39, 0.29) is 5.34 Å². The lowest BCUT2D eigenvalue weighted by Gasteiger charge is -2.23. The van der Waals surface area contributed by atoms with Gasteiger partial charge < -0.3 is 4.74 Å². The molecule has 2 heterocycles. The molecule has 0 unspecified atom stereocenters. The van der Waals surface area contributed by atoms with Crippen molar-refractivity contribution in [1.29, 1.82) is 0 Å². The number of ether oxygens (including phenoxy) is 1. The maximum atomic E-state index is 6.05. The third-order valence-electron chi connectivity index (χ3n) is 4.09. The Morgan fingerprint density at radius 3 is 2.75 bits per heavy atom. The molecule has 0 radical (unpaired) electrons. The molecule has 3 heteroatoms. The molecular weight excluding hydrogens is 187 g/mol. The Morgan fingerprint density at radius 2 is 2.00 bits per heavy atom. The molecule has 2 saturated heterocycles. The summed E-state index contributed by atoms with van der Waals surface area (Å²) in [6.07, 6.45) is 7.90. The summed E-state index contributed by atoms with van der Waals surface area (Å²) < 4.78 is 6.05. The molecule has 12 heavy (non-hydrogen) atoms. The fourth-order valence-electron chi connectivity index (χ4n) is 3.31. The third-order valence-corrected chi connectivity index (χ3v) is 8.85. The molecule has 0 bridgehead atoms. The minimum absolute atomic E-state index is 0.258. The van der Waals surface area contributed by atoms with Crippen LogP contribution in [0, 0.1) is 0 Å². The highest BCUT2D eigenvalue weighted by atomic mass is 32.4. The van der Waals surface area contributed by atoms with Crippen molar-refractivity contribution in [3.05, 3.63) is 0 Å². The predicted octanol–water partition coefficient (Wildman–Crippen LogP) is 2.54. The molecule has 0 N–H and O–H groups in total. The van der Waals surface area contributed by atoms with E-state index in [0.29, 0.717) is 5.60 Å². The maximum absolute atomic E-state index is 6.05. The second-order valence-corrected chi connectivity index (χ2v) is 10.5.